The molecule has 3 atom stereocenters. The Kier molecular flexibility index (Phi) is 52.5. The van der Waals surface area contributed by atoms with Crippen LogP contribution in [0.15, 0.2) is 24.3 Å². The second-order valence-corrected chi connectivity index (χ2v) is 19.8. The van der Waals surface area contributed by atoms with Crippen LogP contribution in [0.5, 0.6) is 0 Å². The van der Waals surface area contributed by atoms with Crippen molar-refractivity contribution in [2.45, 2.75) is 334 Å². The molecule has 0 bridgehead atoms. The number of aliphatic hydroxyl groups excluding tert-OH is 3. The summed E-state index contributed by atoms with van der Waals surface area (Å²) < 4.78 is 0. The maximum absolute atomic E-state index is 12.5. The second-order valence-electron chi connectivity index (χ2n) is 19.8. The highest BCUT2D eigenvalue weighted by Gasteiger charge is 2.26. The largest absolute Gasteiger partial charge is 0.394 e. The van der Waals surface area contributed by atoms with Crippen molar-refractivity contribution in [3.63, 3.8) is 0 Å². The molecule has 0 fully saturated rings. The molecule has 0 aliphatic rings. The number of carbonyl (C=O) groups is 1. The summed E-state index contributed by atoms with van der Waals surface area (Å²) in [7, 11) is 0. The minimum Gasteiger partial charge on any atom is -0.394 e. The molecule has 0 aromatic rings. The lowest BCUT2D eigenvalue weighted by molar-refractivity contribution is -0.124. The van der Waals surface area contributed by atoms with Crippen molar-refractivity contribution in [1.29, 1.82) is 0 Å². The summed E-state index contributed by atoms with van der Waals surface area (Å²) in [6.07, 6.45) is 67.7. The second kappa shape index (κ2) is 53.4. The van der Waals surface area contributed by atoms with Gasteiger partial charge in [-0.2, -0.15) is 0 Å². The van der Waals surface area contributed by atoms with Crippen molar-refractivity contribution < 1.29 is 20.1 Å². The predicted molar refractivity (Wildman–Crippen MR) is 278 cm³/mol. The third-order valence-electron chi connectivity index (χ3n) is 13.5. The van der Waals surface area contributed by atoms with Crippen LogP contribution in [0.1, 0.15) is 316 Å². The number of hydrogen-bond acceptors (Lipinski definition) is 4. The fraction of sp³-hybridized carbons (Fsp3) is 0.914. The lowest BCUT2D eigenvalue weighted by Crippen LogP contribution is -2.50. The molecule has 5 heteroatoms. The predicted octanol–water partition coefficient (Wildman–Crippen LogP) is 17.7. The van der Waals surface area contributed by atoms with E-state index in [-0.39, 0.29) is 12.5 Å². The Morgan fingerprint density at radius 2 is 0.651 bits per heavy atom. The van der Waals surface area contributed by atoms with Crippen LogP contribution >= 0.6 is 0 Å². The molecular weight excluding hydrogens is 775 g/mol. The van der Waals surface area contributed by atoms with E-state index >= 15 is 0 Å². The maximum atomic E-state index is 12.5. The molecular formula is C58H113NO4. The smallest absolute Gasteiger partial charge is 0.220 e. The van der Waals surface area contributed by atoms with Gasteiger partial charge in [-0.15, -0.1) is 0 Å². The number of unbranched alkanes of at least 4 members (excludes halogenated alkanes) is 41. The average molecular weight is 889 g/mol. The van der Waals surface area contributed by atoms with Gasteiger partial charge in [0.25, 0.3) is 0 Å². The Morgan fingerprint density at radius 3 is 0.968 bits per heavy atom. The van der Waals surface area contributed by atoms with E-state index in [1.165, 1.54) is 244 Å². The van der Waals surface area contributed by atoms with Crippen LogP contribution in [0.3, 0.4) is 0 Å². The van der Waals surface area contributed by atoms with Gasteiger partial charge < -0.3 is 20.6 Å². The highest BCUT2D eigenvalue weighted by atomic mass is 16.3. The van der Waals surface area contributed by atoms with E-state index < -0.39 is 18.2 Å². The summed E-state index contributed by atoms with van der Waals surface area (Å²) in [5.41, 5.74) is 0. The molecule has 0 aromatic carbocycles. The molecule has 0 aliphatic carbocycles. The zero-order chi connectivity index (χ0) is 45.8. The Morgan fingerprint density at radius 1 is 0.381 bits per heavy atom. The zero-order valence-corrected chi connectivity index (χ0v) is 42.7. The highest BCUT2D eigenvalue weighted by Crippen LogP contribution is 2.18. The van der Waals surface area contributed by atoms with Crippen molar-refractivity contribution in [2.24, 2.45) is 0 Å². The van der Waals surface area contributed by atoms with Gasteiger partial charge in [-0.05, 0) is 51.4 Å². The van der Waals surface area contributed by atoms with Gasteiger partial charge in [0.15, 0.2) is 0 Å². The lowest BCUT2D eigenvalue weighted by Gasteiger charge is -2.26. The molecule has 5 nitrogen and oxygen atoms in total. The molecule has 0 rings (SSSR count). The molecule has 3 unspecified atom stereocenters. The molecule has 1 amide bonds. The number of nitrogens with one attached hydrogen (secondary N) is 1. The summed E-state index contributed by atoms with van der Waals surface area (Å²) >= 11 is 0. The fourth-order valence-electron chi connectivity index (χ4n) is 9.12. The SMILES string of the molecule is CCCCCCCCCCCC/C=C/CC/C=C/CCCC(O)C(O)C(CO)NC(=O)CCCCCCCCCCCCCCCCCCCCCCCCCCCCCCCC. The fourth-order valence-corrected chi connectivity index (χ4v) is 9.12. The molecule has 0 saturated carbocycles. The Hall–Kier alpha value is -1.17. The number of allylic oxidation sites excluding steroid dienone is 4. The van der Waals surface area contributed by atoms with E-state index in [0.717, 1.165) is 44.9 Å². The van der Waals surface area contributed by atoms with Crippen LogP contribution in [0.2, 0.25) is 0 Å². The van der Waals surface area contributed by atoms with Gasteiger partial charge in [0, 0.05) is 6.42 Å². The number of amides is 1. The zero-order valence-electron chi connectivity index (χ0n) is 42.7. The molecule has 0 spiro atoms. The minimum absolute atomic E-state index is 0.152. The Bertz CT molecular complexity index is 936. The third-order valence-corrected chi connectivity index (χ3v) is 13.5. The van der Waals surface area contributed by atoms with Crippen molar-refractivity contribution in [3.05, 3.63) is 24.3 Å². The quantitative estimate of drug-likeness (QED) is 0.0362. The first-order valence-electron chi connectivity index (χ1n) is 28.6. The van der Waals surface area contributed by atoms with Crippen molar-refractivity contribution in [3.8, 4) is 0 Å². The summed E-state index contributed by atoms with van der Waals surface area (Å²) in [6, 6.07) is -0.830. The van der Waals surface area contributed by atoms with E-state index in [9.17, 15) is 20.1 Å². The van der Waals surface area contributed by atoms with Crippen LogP contribution in [0.25, 0.3) is 0 Å². The van der Waals surface area contributed by atoms with Gasteiger partial charge in [0.2, 0.25) is 5.91 Å². The summed E-state index contributed by atoms with van der Waals surface area (Å²) in [5.74, 6) is -0.152. The van der Waals surface area contributed by atoms with Gasteiger partial charge in [-0.3, -0.25) is 4.79 Å². The first-order valence-corrected chi connectivity index (χ1v) is 28.6. The van der Waals surface area contributed by atoms with Gasteiger partial charge in [-0.1, -0.05) is 282 Å². The first-order chi connectivity index (χ1) is 31.1. The molecule has 0 saturated heterocycles. The van der Waals surface area contributed by atoms with Gasteiger partial charge in [0.1, 0.15) is 6.10 Å². The number of rotatable bonds is 53. The normalized spacial score (nSPS) is 13.4. The van der Waals surface area contributed by atoms with Crippen molar-refractivity contribution in [2.75, 3.05) is 6.61 Å². The summed E-state index contributed by atoms with van der Waals surface area (Å²) in [6.45, 7) is 4.20. The molecule has 0 aliphatic heterocycles. The highest BCUT2D eigenvalue weighted by molar-refractivity contribution is 5.76. The van der Waals surface area contributed by atoms with E-state index in [0.29, 0.717) is 12.8 Å². The van der Waals surface area contributed by atoms with E-state index in [2.05, 4.69) is 43.5 Å². The maximum Gasteiger partial charge on any atom is 0.220 e. The average Bonchev–Trinajstić information content (AvgIpc) is 3.29. The van der Waals surface area contributed by atoms with Crippen LogP contribution in [0.4, 0.5) is 0 Å². The molecule has 4 N–H and O–H groups in total. The summed E-state index contributed by atoms with van der Waals surface area (Å²) in [4.78, 5) is 12.5. The number of hydrogen-bond donors (Lipinski definition) is 4. The Balaban J connectivity index is 3.52. The van der Waals surface area contributed by atoms with E-state index in [1.807, 2.05) is 0 Å². The first kappa shape index (κ1) is 61.8. The van der Waals surface area contributed by atoms with Gasteiger partial charge in [-0.25, -0.2) is 0 Å². The van der Waals surface area contributed by atoms with Crippen molar-refractivity contribution in [1.82, 2.24) is 5.32 Å². The molecule has 0 radical (unpaired) electrons. The lowest BCUT2D eigenvalue weighted by atomic mass is 10.0. The molecule has 0 aromatic heterocycles. The van der Waals surface area contributed by atoms with Gasteiger partial charge in [0.05, 0.1) is 18.8 Å². The molecule has 374 valence electrons. The van der Waals surface area contributed by atoms with Crippen molar-refractivity contribution >= 4 is 5.91 Å². The molecule has 63 heavy (non-hydrogen) atoms. The van der Waals surface area contributed by atoms with Crippen LogP contribution in [-0.4, -0.2) is 46.1 Å². The van der Waals surface area contributed by atoms with Gasteiger partial charge >= 0.3 is 0 Å². The summed E-state index contributed by atoms with van der Waals surface area (Å²) in [5, 5.41) is 33.7. The van der Waals surface area contributed by atoms with E-state index in [1.54, 1.807) is 0 Å². The number of aliphatic hydroxyl groups is 3. The molecule has 0 heterocycles. The monoisotopic (exact) mass is 888 g/mol. The standard InChI is InChI=1S/C58H113NO4/c1-3-5-7-9-11-13-15-17-19-21-23-24-25-26-27-28-29-30-31-32-33-35-37-39-41-43-45-47-49-51-53-57(62)59-55(54-60)58(63)56(61)52-50-48-46-44-42-40-38-36-34-22-20-18-16-14-12-10-8-6-4-2/h36,38,44,46,55-56,58,60-61,63H,3-35,37,39-43,45,47-54H2,1-2H3,(H,59,62)/b38-36+,46-44+. The van der Waals surface area contributed by atoms with E-state index in [4.69, 9.17) is 0 Å². The minimum atomic E-state index is -1.16. The topological polar surface area (TPSA) is 89.8 Å². The van der Waals surface area contributed by atoms with Crippen LogP contribution < -0.4 is 5.32 Å². The Labute approximate surface area is 394 Å². The van der Waals surface area contributed by atoms with Crippen LogP contribution in [0, 0.1) is 0 Å². The van der Waals surface area contributed by atoms with Crippen LogP contribution in [-0.2, 0) is 4.79 Å². The third kappa shape index (κ3) is 48.6. The number of carbonyl (C=O) groups excluding carboxylic acids is 1.